The van der Waals surface area contributed by atoms with Crippen LogP contribution >= 0.6 is 11.6 Å². The van der Waals surface area contributed by atoms with Crippen molar-refractivity contribution in [2.75, 3.05) is 11.1 Å². The average Bonchev–Trinajstić information content (AvgIpc) is 3.45. The number of fused-ring (bicyclic) bond motifs is 1. The molecule has 6 nitrogen and oxygen atoms in total. The maximum Gasteiger partial charge on any atom is 0.230 e. The number of halogens is 1. The van der Waals surface area contributed by atoms with Crippen LogP contribution in [0.15, 0.2) is 36.8 Å². The molecule has 1 aliphatic carbocycles. The first-order valence-corrected chi connectivity index (χ1v) is 8.86. The Labute approximate surface area is 161 Å². The van der Waals surface area contributed by atoms with E-state index < -0.39 is 0 Å². The molecule has 1 amide bonds. The van der Waals surface area contributed by atoms with Gasteiger partial charge >= 0.3 is 0 Å². The summed E-state index contributed by atoms with van der Waals surface area (Å²) in [5.74, 6) is -0.207. The van der Waals surface area contributed by atoms with E-state index in [1.165, 1.54) is 0 Å². The maximum atomic E-state index is 12.2. The summed E-state index contributed by atoms with van der Waals surface area (Å²) in [6.45, 7) is 1.98. The van der Waals surface area contributed by atoms with Crippen LogP contribution in [0.4, 0.5) is 11.5 Å². The Balaban J connectivity index is 1.75. The highest BCUT2D eigenvalue weighted by Gasteiger charge is 2.43. The Morgan fingerprint density at radius 2 is 2.19 bits per heavy atom. The van der Waals surface area contributed by atoms with Gasteiger partial charge in [-0.1, -0.05) is 11.6 Å². The molecule has 7 heteroatoms. The first-order chi connectivity index (χ1) is 13.0. The number of amides is 1. The van der Waals surface area contributed by atoms with Gasteiger partial charge in [0, 0.05) is 35.1 Å². The molecule has 0 radical (unpaired) electrons. The molecule has 1 unspecified atom stereocenters. The smallest absolute Gasteiger partial charge is 0.230 e. The van der Waals surface area contributed by atoms with Crippen LogP contribution in [-0.2, 0) is 4.79 Å². The fraction of sp³-hybridized carbons (Fsp3) is 0.200. The molecule has 0 aliphatic heterocycles. The first-order valence-electron chi connectivity index (χ1n) is 8.48. The molecule has 2 heterocycles. The van der Waals surface area contributed by atoms with E-state index in [2.05, 4.69) is 21.4 Å². The summed E-state index contributed by atoms with van der Waals surface area (Å²) in [6, 6.07) is 7.70. The zero-order valence-electron chi connectivity index (χ0n) is 14.5. The van der Waals surface area contributed by atoms with E-state index in [1.54, 1.807) is 24.7 Å². The molecule has 2 aromatic heterocycles. The third kappa shape index (κ3) is 3.07. The topological polar surface area (TPSA) is 105 Å². The van der Waals surface area contributed by atoms with Crippen LogP contribution in [0.1, 0.15) is 12.0 Å². The number of nitriles is 1. The zero-order valence-corrected chi connectivity index (χ0v) is 15.3. The SMILES string of the molecule is Cc1ccncc1-c1cc2cc(NC(=O)[C@H]3CC3C#N)ncc2c(N)c1Cl. The lowest BCUT2D eigenvalue weighted by molar-refractivity contribution is -0.117. The monoisotopic (exact) mass is 377 g/mol. The van der Waals surface area contributed by atoms with Gasteiger partial charge in [0.2, 0.25) is 5.91 Å². The van der Waals surface area contributed by atoms with E-state index in [-0.39, 0.29) is 17.7 Å². The standard InChI is InChI=1S/C20H16ClN5O/c1-10-2-3-24-8-15(10)14-4-11-6-17(25-9-16(11)19(23)18(14)21)26-20(27)13-5-12(13)7-22/h2-4,6,8-9,12-13H,5,23H2,1H3,(H,25,26,27)/t12?,13-/m0/s1. The van der Waals surface area contributed by atoms with Crippen molar-refractivity contribution in [2.24, 2.45) is 11.8 Å². The largest absolute Gasteiger partial charge is 0.397 e. The molecule has 1 fully saturated rings. The van der Waals surface area contributed by atoms with Crippen LogP contribution in [0.3, 0.4) is 0 Å². The highest BCUT2D eigenvalue weighted by atomic mass is 35.5. The van der Waals surface area contributed by atoms with Crippen molar-refractivity contribution in [3.8, 4) is 17.2 Å². The molecule has 3 N–H and O–H groups in total. The number of nitrogens with zero attached hydrogens (tertiary/aromatic N) is 3. The summed E-state index contributed by atoms with van der Waals surface area (Å²) >= 11 is 6.50. The lowest BCUT2D eigenvalue weighted by atomic mass is 9.99. The fourth-order valence-corrected chi connectivity index (χ4v) is 3.41. The van der Waals surface area contributed by atoms with E-state index in [4.69, 9.17) is 22.6 Å². The second-order valence-electron chi connectivity index (χ2n) is 6.70. The minimum Gasteiger partial charge on any atom is -0.397 e. The summed E-state index contributed by atoms with van der Waals surface area (Å²) in [4.78, 5) is 20.6. The van der Waals surface area contributed by atoms with Gasteiger partial charge < -0.3 is 11.1 Å². The third-order valence-electron chi connectivity index (χ3n) is 4.87. The van der Waals surface area contributed by atoms with Gasteiger partial charge in [-0.15, -0.1) is 0 Å². The Kier molecular flexibility index (Phi) is 4.17. The molecule has 1 aliphatic rings. The van der Waals surface area contributed by atoms with E-state index in [0.29, 0.717) is 28.3 Å². The van der Waals surface area contributed by atoms with Crippen LogP contribution in [0.2, 0.25) is 5.02 Å². The van der Waals surface area contributed by atoms with Crippen molar-refractivity contribution in [1.82, 2.24) is 9.97 Å². The molecule has 0 spiro atoms. The number of hydrogen-bond acceptors (Lipinski definition) is 5. The average molecular weight is 378 g/mol. The number of carbonyl (C=O) groups excluding carboxylic acids is 1. The van der Waals surface area contributed by atoms with E-state index >= 15 is 0 Å². The molecule has 27 heavy (non-hydrogen) atoms. The van der Waals surface area contributed by atoms with Crippen LogP contribution in [-0.4, -0.2) is 15.9 Å². The van der Waals surface area contributed by atoms with Crippen LogP contribution in [0.25, 0.3) is 21.9 Å². The number of carbonyl (C=O) groups is 1. The zero-order chi connectivity index (χ0) is 19.1. The summed E-state index contributed by atoms with van der Waals surface area (Å²) in [7, 11) is 0. The van der Waals surface area contributed by atoms with E-state index in [0.717, 1.165) is 22.1 Å². The maximum absolute atomic E-state index is 12.2. The third-order valence-corrected chi connectivity index (χ3v) is 5.28. The highest BCUT2D eigenvalue weighted by molar-refractivity contribution is 6.37. The van der Waals surface area contributed by atoms with Crippen molar-refractivity contribution < 1.29 is 4.79 Å². The Bertz CT molecular complexity index is 1120. The normalized spacial score (nSPS) is 18.1. The number of aromatic nitrogens is 2. The molecule has 0 saturated heterocycles. The number of aryl methyl sites for hydroxylation is 1. The summed E-state index contributed by atoms with van der Waals surface area (Å²) in [5.41, 5.74) is 9.38. The van der Waals surface area contributed by atoms with E-state index in [9.17, 15) is 4.79 Å². The molecule has 2 atom stereocenters. The Morgan fingerprint density at radius 1 is 1.37 bits per heavy atom. The number of nitrogen functional groups attached to an aromatic ring is 1. The van der Waals surface area contributed by atoms with Gasteiger partial charge in [-0.05, 0) is 42.5 Å². The van der Waals surface area contributed by atoms with Gasteiger partial charge in [-0.2, -0.15) is 5.26 Å². The number of nitrogens with two attached hydrogens (primary N) is 1. The fourth-order valence-electron chi connectivity index (χ4n) is 3.15. The van der Waals surface area contributed by atoms with Crippen molar-refractivity contribution in [2.45, 2.75) is 13.3 Å². The van der Waals surface area contributed by atoms with Gasteiger partial charge in [0.15, 0.2) is 0 Å². The van der Waals surface area contributed by atoms with Crippen LogP contribution in [0.5, 0.6) is 0 Å². The first kappa shape index (κ1) is 17.3. The lowest BCUT2D eigenvalue weighted by Gasteiger charge is -2.13. The van der Waals surface area contributed by atoms with E-state index in [1.807, 2.05) is 19.1 Å². The van der Waals surface area contributed by atoms with Crippen molar-refractivity contribution in [3.63, 3.8) is 0 Å². The summed E-state index contributed by atoms with van der Waals surface area (Å²) in [5, 5.41) is 13.6. The number of benzene rings is 1. The number of anilines is 2. The molecule has 1 aromatic carbocycles. The van der Waals surface area contributed by atoms with Crippen molar-refractivity contribution >= 4 is 39.8 Å². The Hall–Kier alpha value is -3.17. The number of pyridine rings is 2. The number of rotatable bonds is 3. The second-order valence-corrected chi connectivity index (χ2v) is 7.08. The van der Waals surface area contributed by atoms with Gasteiger partial charge in [0.05, 0.1) is 28.6 Å². The molecule has 4 rings (SSSR count). The molecule has 3 aromatic rings. The minimum absolute atomic E-state index is 0.182. The van der Waals surface area contributed by atoms with Crippen molar-refractivity contribution in [1.29, 1.82) is 5.26 Å². The van der Waals surface area contributed by atoms with Crippen LogP contribution in [0, 0.1) is 30.1 Å². The van der Waals surface area contributed by atoms with Gasteiger partial charge in [-0.25, -0.2) is 4.98 Å². The minimum atomic E-state index is -0.253. The lowest BCUT2D eigenvalue weighted by Crippen LogP contribution is -2.15. The quantitative estimate of drug-likeness (QED) is 0.672. The van der Waals surface area contributed by atoms with Crippen LogP contribution < -0.4 is 11.1 Å². The molecule has 134 valence electrons. The highest BCUT2D eigenvalue weighted by Crippen LogP contribution is 2.40. The van der Waals surface area contributed by atoms with Gasteiger partial charge in [0.25, 0.3) is 0 Å². The Morgan fingerprint density at radius 3 is 2.89 bits per heavy atom. The second kappa shape index (κ2) is 6.53. The summed E-state index contributed by atoms with van der Waals surface area (Å²) in [6.07, 6.45) is 5.67. The van der Waals surface area contributed by atoms with Gasteiger partial charge in [0.1, 0.15) is 5.82 Å². The number of nitrogens with one attached hydrogen (secondary N) is 1. The molecule has 0 bridgehead atoms. The van der Waals surface area contributed by atoms with Gasteiger partial charge in [-0.3, -0.25) is 9.78 Å². The van der Waals surface area contributed by atoms with Crippen molar-refractivity contribution in [3.05, 3.63) is 47.4 Å². The molecular weight excluding hydrogens is 362 g/mol. The predicted molar refractivity (Wildman–Crippen MR) is 105 cm³/mol. The molecule has 1 saturated carbocycles. The number of hydrogen-bond donors (Lipinski definition) is 2. The molecular formula is C20H16ClN5O. The summed E-state index contributed by atoms with van der Waals surface area (Å²) < 4.78 is 0. The predicted octanol–water partition coefficient (Wildman–Crippen LogP) is 3.94.